The Hall–Kier alpha value is -1.13. The van der Waals surface area contributed by atoms with E-state index in [0.29, 0.717) is 11.6 Å². The molecule has 1 rings (SSSR count). The topological polar surface area (TPSA) is 38.5 Å². The molecule has 88 valence electrons. The highest BCUT2D eigenvalue weighted by molar-refractivity contribution is 7.80. The molecule has 0 aliphatic carbocycles. The zero-order valence-electron chi connectivity index (χ0n) is 9.99. The Kier molecular flexibility index (Phi) is 4.71. The summed E-state index contributed by atoms with van der Waals surface area (Å²) in [5.74, 6) is 0.764. The maximum Gasteiger partial charge on any atom is 0.129 e. The van der Waals surface area contributed by atoms with Crippen LogP contribution in [0.3, 0.4) is 0 Å². The van der Waals surface area contributed by atoms with Gasteiger partial charge in [-0.3, -0.25) is 0 Å². The summed E-state index contributed by atoms with van der Waals surface area (Å²) in [6.45, 7) is 3.50. The van der Waals surface area contributed by atoms with Crippen LogP contribution in [0.2, 0.25) is 0 Å². The van der Waals surface area contributed by atoms with Gasteiger partial charge in [0.2, 0.25) is 0 Å². The van der Waals surface area contributed by atoms with Crippen molar-refractivity contribution in [1.29, 1.82) is 0 Å². The average molecular weight is 238 g/mol. The number of nitrogens with two attached hydrogens (primary N) is 1. The first-order valence-electron chi connectivity index (χ1n) is 5.18. The molecule has 0 bridgehead atoms. The summed E-state index contributed by atoms with van der Waals surface area (Å²) in [5, 5.41) is 0. The van der Waals surface area contributed by atoms with E-state index in [0.717, 1.165) is 23.4 Å². The molecule has 4 heteroatoms. The van der Waals surface area contributed by atoms with Gasteiger partial charge in [0.25, 0.3) is 0 Å². The van der Waals surface area contributed by atoms with Crippen LogP contribution in [0.1, 0.15) is 11.1 Å². The fourth-order valence-electron chi connectivity index (χ4n) is 1.30. The predicted octanol–water partition coefficient (Wildman–Crippen LogP) is 1.57. The number of benzene rings is 1. The highest BCUT2D eigenvalue weighted by Crippen LogP contribution is 2.19. The largest absolute Gasteiger partial charge is 0.492 e. The monoisotopic (exact) mass is 238 g/mol. The van der Waals surface area contributed by atoms with E-state index in [4.69, 9.17) is 22.7 Å². The second-order valence-electron chi connectivity index (χ2n) is 4.02. The van der Waals surface area contributed by atoms with Crippen LogP contribution in [-0.4, -0.2) is 37.1 Å². The van der Waals surface area contributed by atoms with Crippen LogP contribution in [0.4, 0.5) is 0 Å². The molecule has 0 radical (unpaired) electrons. The van der Waals surface area contributed by atoms with Gasteiger partial charge in [0.1, 0.15) is 17.3 Å². The molecule has 0 aliphatic rings. The lowest BCUT2D eigenvalue weighted by Gasteiger charge is -2.14. The van der Waals surface area contributed by atoms with Gasteiger partial charge in [-0.2, -0.15) is 0 Å². The molecule has 0 spiro atoms. The Labute approximate surface area is 102 Å². The predicted molar refractivity (Wildman–Crippen MR) is 71.1 cm³/mol. The van der Waals surface area contributed by atoms with Crippen molar-refractivity contribution in [2.75, 3.05) is 27.2 Å². The smallest absolute Gasteiger partial charge is 0.129 e. The third kappa shape index (κ3) is 3.79. The van der Waals surface area contributed by atoms with Gasteiger partial charge < -0.3 is 15.4 Å². The third-order valence-electron chi connectivity index (χ3n) is 2.20. The summed E-state index contributed by atoms with van der Waals surface area (Å²) in [6, 6.07) is 5.86. The van der Waals surface area contributed by atoms with Gasteiger partial charge in [0.15, 0.2) is 0 Å². The fourth-order valence-corrected chi connectivity index (χ4v) is 1.46. The normalized spacial score (nSPS) is 10.5. The number of aryl methyl sites for hydroxylation is 1. The third-order valence-corrected chi connectivity index (χ3v) is 2.42. The van der Waals surface area contributed by atoms with Crippen molar-refractivity contribution in [2.24, 2.45) is 5.73 Å². The molecule has 1 aromatic rings. The summed E-state index contributed by atoms with van der Waals surface area (Å²) in [5.41, 5.74) is 7.60. The van der Waals surface area contributed by atoms with Crippen LogP contribution in [-0.2, 0) is 0 Å². The number of ether oxygens (including phenoxy) is 1. The molecular formula is C12H18N2OS. The molecule has 0 saturated heterocycles. The van der Waals surface area contributed by atoms with Gasteiger partial charge in [-0.25, -0.2) is 0 Å². The summed E-state index contributed by atoms with van der Waals surface area (Å²) < 4.78 is 5.66. The van der Waals surface area contributed by atoms with Gasteiger partial charge in [-0.1, -0.05) is 23.8 Å². The minimum Gasteiger partial charge on any atom is -0.492 e. The lowest BCUT2D eigenvalue weighted by atomic mass is 10.1. The van der Waals surface area contributed by atoms with E-state index in [1.54, 1.807) is 0 Å². The van der Waals surface area contributed by atoms with Crippen LogP contribution >= 0.6 is 12.2 Å². The lowest BCUT2D eigenvalue weighted by Crippen LogP contribution is -2.20. The summed E-state index contributed by atoms with van der Waals surface area (Å²) in [7, 11) is 4.01. The zero-order valence-corrected chi connectivity index (χ0v) is 10.8. The summed E-state index contributed by atoms with van der Waals surface area (Å²) in [4.78, 5) is 2.44. The minimum atomic E-state index is 0.378. The molecule has 0 fully saturated rings. The molecule has 0 saturated carbocycles. The Morgan fingerprint density at radius 2 is 2.12 bits per heavy atom. The van der Waals surface area contributed by atoms with Gasteiger partial charge in [0.05, 0.1) is 5.56 Å². The second-order valence-corrected chi connectivity index (χ2v) is 4.46. The highest BCUT2D eigenvalue weighted by Gasteiger charge is 2.06. The van der Waals surface area contributed by atoms with Crippen LogP contribution in [0, 0.1) is 6.92 Å². The number of nitrogens with zero attached hydrogens (tertiary/aromatic N) is 1. The van der Waals surface area contributed by atoms with E-state index >= 15 is 0 Å². The molecule has 3 nitrogen and oxygen atoms in total. The van der Waals surface area contributed by atoms with E-state index in [9.17, 15) is 0 Å². The van der Waals surface area contributed by atoms with Crippen LogP contribution in [0.25, 0.3) is 0 Å². The second kappa shape index (κ2) is 5.82. The molecular weight excluding hydrogens is 220 g/mol. The quantitative estimate of drug-likeness (QED) is 0.790. The van der Waals surface area contributed by atoms with Crippen LogP contribution in [0.5, 0.6) is 5.75 Å². The fraction of sp³-hybridized carbons (Fsp3) is 0.417. The maximum absolute atomic E-state index is 5.66. The first-order chi connectivity index (χ1) is 7.50. The molecule has 0 aromatic heterocycles. The Bertz CT molecular complexity index is 377. The number of hydrogen-bond donors (Lipinski definition) is 1. The van der Waals surface area contributed by atoms with Gasteiger partial charge >= 0.3 is 0 Å². The molecule has 0 heterocycles. The van der Waals surface area contributed by atoms with Gasteiger partial charge in [0, 0.05) is 6.54 Å². The maximum atomic E-state index is 5.66. The number of rotatable bonds is 5. The van der Waals surface area contributed by atoms with Crippen molar-refractivity contribution in [3.63, 3.8) is 0 Å². The number of hydrogen-bond acceptors (Lipinski definition) is 3. The van der Waals surface area contributed by atoms with E-state index in [1.165, 1.54) is 0 Å². The molecule has 2 N–H and O–H groups in total. The van der Waals surface area contributed by atoms with Crippen LogP contribution < -0.4 is 10.5 Å². The SMILES string of the molecule is Cc1ccc(OCCN(C)C)c(C(N)=S)c1. The van der Waals surface area contributed by atoms with Crippen molar-refractivity contribution >= 4 is 17.2 Å². The molecule has 0 amide bonds. The zero-order chi connectivity index (χ0) is 12.1. The highest BCUT2D eigenvalue weighted by atomic mass is 32.1. The number of thiocarbonyl (C=S) groups is 1. The van der Waals surface area contributed by atoms with Gasteiger partial charge in [-0.05, 0) is 33.2 Å². The molecule has 1 aromatic carbocycles. The van der Waals surface area contributed by atoms with Gasteiger partial charge in [-0.15, -0.1) is 0 Å². The molecule has 0 atom stereocenters. The van der Waals surface area contributed by atoms with Crippen molar-refractivity contribution in [3.05, 3.63) is 29.3 Å². The summed E-state index contributed by atoms with van der Waals surface area (Å²) >= 11 is 5.00. The molecule has 0 unspecified atom stereocenters. The van der Waals surface area contributed by atoms with Crippen molar-refractivity contribution in [1.82, 2.24) is 4.90 Å². The first-order valence-corrected chi connectivity index (χ1v) is 5.59. The van der Waals surface area contributed by atoms with Crippen LogP contribution in [0.15, 0.2) is 18.2 Å². The lowest BCUT2D eigenvalue weighted by molar-refractivity contribution is 0.261. The minimum absolute atomic E-state index is 0.378. The standard InChI is InChI=1S/C12H18N2OS/c1-9-4-5-11(10(8-9)12(13)16)15-7-6-14(2)3/h4-5,8H,6-7H2,1-3H3,(H2,13,16). The average Bonchev–Trinajstić information content (AvgIpc) is 2.19. The van der Waals surface area contributed by atoms with Crippen molar-refractivity contribution in [3.8, 4) is 5.75 Å². The Morgan fingerprint density at radius 1 is 1.44 bits per heavy atom. The van der Waals surface area contributed by atoms with Crippen molar-refractivity contribution in [2.45, 2.75) is 6.92 Å². The Morgan fingerprint density at radius 3 is 2.69 bits per heavy atom. The van der Waals surface area contributed by atoms with Crippen molar-refractivity contribution < 1.29 is 4.74 Å². The van der Waals surface area contributed by atoms with E-state index in [1.807, 2.05) is 39.2 Å². The number of likely N-dealkylation sites (N-methyl/N-ethyl adjacent to an activating group) is 1. The molecule has 0 aliphatic heterocycles. The van der Waals surface area contributed by atoms with E-state index in [-0.39, 0.29) is 0 Å². The summed E-state index contributed by atoms with van der Waals surface area (Å²) in [6.07, 6.45) is 0. The Balaban J connectivity index is 2.75. The first kappa shape index (κ1) is 12.9. The van der Waals surface area contributed by atoms with E-state index < -0.39 is 0 Å². The molecule has 16 heavy (non-hydrogen) atoms. The van der Waals surface area contributed by atoms with E-state index in [2.05, 4.69) is 4.90 Å².